The summed E-state index contributed by atoms with van der Waals surface area (Å²) >= 11 is 3.32. The number of halogens is 1. The Kier molecular flexibility index (Phi) is 5.50. The first-order valence-electron chi connectivity index (χ1n) is 6.98. The average Bonchev–Trinajstić information content (AvgIpc) is 2.85. The van der Waals surface area contributed by atoms with Gasteiger partial charge in [0, 0.05) is 11.9 Å². The van der Waals surface area contributed by atoms with E-state index in [9.17, 15) is 4.79 Å². The van der Waals surface area contributed by atoms with Crippen molar-refractivity contribution in [3.8, 4) is 0 Å². The third kappa shape index (κ3) is 4.14. The van der Waals surface area contributed by atoms with Crippen molar-refractivity contribution >= 4 is 21.9 Å². The molecule has 0 aliphatic heterocycles. The van der Waals surface area contributed by atoms with E-state index in [0.29, 0.717) is 18.8 Å². The van der Waals surface area contributed by atoms with Gasteiger partial charge in [-0.15, -0.1) is 0 Å². The van der Waals surface area contributed by atoms with E-state index < -0.39 is 0 Å². The molecule has 0 atom stereocenters. The highest BCUT2D eigenvalue weighted by atomic mass is 79.9. The lowest BCUT2D eigenvalue weighted by atomic mass is 10.2. The van der Waals surface area contributed by atoms with Crippen LogP contribution in [0.5, 0.6) is 0 Å². The lowest BCUT2D eigenvalue weighted by molar-refractivity contribution is 0.0518. The van der Waals surface area contributed by atoms with Crippen molar-refractivity contribution in [2.75, 3.05) is 6.61 Å². The van der Waals surface area contributed by atoms with E-state index in [0.717, 1.165) is 28.7 Å². The quantitative estimate of drug-likeness (QED) is 0.592. The van der Waals surface area contributed by atoms with Gasteiger partial charge in [0.05, 0.1) is 13.2 Å². The maximum absolute atomic E-state index is 11.8. The molecule has 2 rings (SSSR count). The van der Waals surface area contributed by atoms with Crippen LogP contribution in [-0.4, -0.2) is 27.3 Å². The van der Waals surface area contributed by atoms with Crippen LogP contribution in [0.15, 0.2) is 29.0 Å². The van der Waals surface area contributed by atoms with Crippen LogP contribution in [0.2, 0.25) is 0 Å². The molecule has 0 amide bonds. The van der Waals surface area contributed by atoms with Crippen LogP contribution in [0.4, 0.5) is 0 Å². The largest absolute Gasteiger partial charge is 0.461 e. The topological polar surface area (TPSA) is 57.0 Å². The molecule has 112 valence electrons. The van der Waals surface area contributed by atoms with Gasteiger partial charge in [-0.3, -0.25) is 4.68 Å². The van der Waals surface area contributed by atoms with Crippen molar-refractivity contribution in [3.63, 3.8) is 0 Å². The van der Waals surface area contributed by atoms with Crippen LogP contribution in [0.25, 0.3) is 0 Å². The minimum Gasteiger partial charge on any atom is -0.461 e. The highest BCUT2D eigenvalue weighted by molar-refractivity contribution is 9.10. The van der Waals surface area contributed by atoms with E-state index in [1.165, 1.54) is 0 Å². The monoisotopic (exact) mass is 351 g/mol. The second-order valence-electron chi connectivity index (χ2n) is 4.64. The van der Waals surface area contributed by atoms with Gasteiger partial charge in [-0.05, 0) is 47.0 Å². The van der Waals surface area contributed by atoms with E-state index in [4.69, 9.17) is 4.74 Å². The predicted octanol–water partition coefficient (Wildman–Crippen LogP) is 3.22. The van der Waals surface area contributed by atoms with Crippen LogP contribution >= 0.6 is 15.9 Å². The molecule has 0 aliphatic rings. The maximum Gasteiger partial charge on any atom is 0.358 e. The minimum atomic E-state index is -0.373. The Labute approximate surface area is 132 Å². The first-order valence-corrected chi connectivity index (χ1v) is 7.77. The number of hydrogen-bond donors (Lipinski definition) is 0. The van der Waals surface area contributed by atoms with Crippen LogP contribution < -0.4 is 0 Å². The number of hydrogen-bond acceptors (Lipinski definition) is 4. The van der Waals surface area contributed by atoms with Gasteiger partial charge < -0.3 is 4.74 Å². The number of carbonyl (C=O) groups is 1. The molecule has 2 aromatic rings. The van der Waals surface area contributed by atoms with Gasteiger partial charge in [-0.2, -0.15) is 5.10 Å². The van der Waals surface area contributed by atoms with Gasteiger partial charge in [0.25, 0.3) is 0 Å². The average molecular weight is 352 g/mol. The molecule has 0 aromatic carbocycles. The third-order valence-corrected chi connectivity index (χ3v) is 3.44. The molecule has 0 spiro atoms. The van der Waals surface area contributed by atoms with E-state index in [1.807, 2.05) is 22.9 Å². The molecule has 2 aromatic heterocycles. The number of rotatable bonds is 6. The van der Waals surface area contributed by atoms with Crippen molar-refractivity contribution in [2.45, 2.75) is 33.2 Å². The molecule has 6 heteroatoms. The summed E-state index contributed by atoms with van der Waals surface area (Å²) in [5, 5.41) is 4.37. The van der Waals surface area contributed by atoms with Gasteiger partial charge >= 0.3 is 5.97 Å². The van der Waals surface area contributed by atoms with Crippen molar-refractivity contribution < 1.29 is 9.53 Å². The summed E-state index contributed by atoms with van der Waals surface area (Å²) in [4.78, 5) is 16.0. The smallest absolute Gasteiger partial charge is 0.358 e. The number of ether oxygens (including phenoxy) is 1. The first-order chi connectivity index (χ1) is 10.1. The number of nitrogens with zero attached hydrogens (tertiary/aromatic N) is 3. The fraction of sp³-hybridized carbons (Fsp3) is 0.400. The van der Waals surface area contributed by atoms with E-state index >= 15 is 0 Å². The Morgan fingerprint density at radius 2 is 2.19 bits per heavy atom. The van der Waals surface area contributed by atoms with Crippen LogP contribution in [0, 0.1) is 0 Å². The molecular formula is C15H18BrN3O2. The molecule has 0 saturated heterocycles. The van der Waals surface area contributed by atoms with Crippen molar-refractivity contribution in [1.82, 2.24) is 14.8 Å². The predicted molar refractivity (Wildman–Crippen MR) is 83.2 cm³/mol. The third-order valence-electron chi connectivity index (χ3n) is 2.98. The molecule has 0 fully saturated rings. The summed E-state index contributed by atoms with van der Waals surface area (Å²) in [6.45, 7) is 4.83. The van der Waals surface area contributed by atoms with Gasteiger partial charge in [0.2, 0.25) is 0 Å². The summed E-state index contributed by atoms with van der Waals surface area (Å²) in [6, 6.07) is 5.69. The molecule has 2 heterocycles. The Balaban J connectivity index is 2.23. The highest BCUT2D eigenvalue weighted by Gasteiger charge is 2.15. The Hall–Kier alpha value is -1.69. The molecule has 21 heavy (non-hydrogen) atoms. The van der Waals surface area contributed by atoms with Gasteiger partial charge in [-0.1, -0.05) is 19.4 Å². The van der Waals surface area contributed by atoms with Crippen LogP contribution in [0.3, 0.4) is 0 Å². The van der Waals surface area contributed by atoms with Crippen molar-refractivity contribution in [2.24, 2.45) is 0 Å². The summed E-state index contributed by atoms with van der Waals surface area (Å²) in [5.74, 6) is -0.373. The summed E-state index contributed by atoms with van der Waals surface area (Å²) < 4.78 is 7.65. The number of aromatic nitrogens is 3. The normalized spacial score (nSPS) is 10.6. The van der Waals surface area contributed by atoms with E-state index in [1.54, 1.807) is 13.1 Å². The summed E-state index contributed by atoms with van der Waals surface area (Å²) in [5.41, 5.74) is 2.43. The standard InChI is InChI=1S/C15H18BrN3O2/c1-3-5-12-8-13(15(20)21-4-2)18-19(12)10-11-6-7-14(16)17-9-11/h6-9H,3-5,10H2,1-2H3. The number of pyridine rings is 1. The zero-order chi connectivity index (χ0) is 15.2. The van der Waals surface area contributed by atoms with Crippen molar-refractivity contribution in [3.05, 3.63) is 46.0 Å². The SMILES string of the molecule is CCCc1cc(C(=O)OCC)nn1Cc1ccc(Br)nc1. The zero-order valence-corrected chi connectivity index (χ0v) is 13.8. The zero-order valence-electron chi connectivity index (χ0n) is 12.2. The molecule has 0 unspecified atom stereocenters. The van der Waals surface area contributed by atoms with Gasteiger partial charge in [-0.25, -0.2) is 9.78 Å². The molecule has 0 bridgehead atoms. The molecule has 0 saturated carbocycles. The molecular weight excluding hydrogens is 334 g/mol. The highest BCUT2D eigenvalue weighted by Crippen LogP contribution is 2.13. The first kappa shape index (κ1) is 15.7. The molecule has 0 radical (unpaired) electrons. The molecule has 5 nitrogen and oxygen atoms in total. The lowest BCUT2D eigenvalue weighted by Crippen LogP contribution is -2.09. The fourth-order valence-corrected chi connectivity index (χ4v) is 2.26. The Morgan fingerprint density at radius 3 is 2.81 bits per heavy atom. The molecule has 0 N–H and O–H groups in total. The summed E-state index contributed by atoms with van der Waals surface area (Å²) in [6.07, 6.45) is 3.66. The minimum absolute atomic E-state index is 0.353. The second-order valence-corrected chi connectivity index (χ2v) is 5.45. The fourth-order valence-electron chi connectivity index (χ4n) is 2.03. The Bertz CT molecular complexity index is 608. The van der Waals surface area contributed by atoms with Gasteiger partial charge in [0.1, 0.15) is 4.60 Å². The van der Waals surface area contributed by atoms with E-state index in [2.05, 4.69) is 32.9 Å². The van der Waals surface area contributed by atoms with Crippen LogP contribution in [0.1, 0.15) is 42.0 Å². The number of aryl methyl sites for hydroxylation is 1. The van der Waals surface area contributed by atoms with Gasteiger partial charge in [0.15, 0.2) is 5.69 Å². The van der Waals surface area contributed by atoms with Crippen LogP contribution in [-0.2, 0) is 17.7 Å². The maximum atomic E-state index is 11.8. The lowest BCUT2D eigenvalue weighted by Gasteiger charge is -2.06. The molecule has 0 aliphatic carbocycles. The Morgan fingerprint density at radius 1 is 1.38 bits per heavy atom. The van der Waals surface area contributed by atoms with E-state index in [-0.39, 0.29) is 5.97 Å². The van der Waals surface area contributed by atoms with Crippen molar-refractivity contribution in [1.29, 1.82) is 0 Å². The second kappa shape index (κ2) is 7.36. The number of esters is 1. The number of carbonyl (C=O) groups excluding carboxylic acids is 1. The summed E-state index contributed by atoms with van der Waals surface area (Å²) in [7, 11) is 0.